The fourth-order valence-corrected chi connectivity index (χ4v) is 2.96. The second-order valence-corrected chi connectivity index (χ2v) is 5.91. The molecule has 0 bridgehead atoms. The van der Waals surface area contributed by atoms with Gasteiger partial charge in [0.05, 0.1) is 10.6 Å². The van der Waals surface area contributed by atoms with Gasteiger partial charge in [-0.15, -0.1) is 0 Å². The molecular formula is C17H13ClF4O. The van der Waals surface area contributed by atoms with E-state index in [2.05, 4.69) is 0 Å². The lowest BCUT2D eigenvalue weighted by Gasteiger charge is -2.17. The van der Waals surface area contributed by atoms with Crippen LogP contribution in [-0.2, 0) is 19.0 Å². The third kappa shape index (κ3) is 3.44. The molecule has 0 heterocycles. The molecule has 0 spiro atoms. The summed E-state index contributed by atoms with van der Waals surface area (Å²) in [6.07, 6.45) is -0.548. The summed E-state index contributed by atoms with van der Waals surface area (Å²) in [5, 5.41) is -0.407. The fourth-order valence-electron chi connectivity index (χ4n) is 2.71. The van der Waals surface area contributed by atoms with Gasteiger partial charge in [0.1, 0.15) is 5.75 Å². The molecule has 0 unspecified atom stereocenters. The maximum atomic E-state index is 14.0. The van der Waals surface area contributed by atoms with Crippen LogP contribution in [0.4, 0.5) is 17.6 Å². The zero-order chi connectivity index (χ0) is 16.6. The van der Waals surface area contributed by atoms with Gasteiger partial charge in [-0.2, -0.15) is 13.2 Å². The van der Waals surface area contributed by atoms with E-state index in [9.17, 15) is 17.6 Å². The number of aryl methyl sites for hydroxylation is 2. The lowest BCUT2D eigenvalue weighted by Crippen LogP contribution is -2.06. The van der Waals surface area contributed by atoms with Crippen LogP contribution in [-0.4, -0.2) is 0 Å². The van der Waals surface area contributed by atoms with E-state index in [-0.39, 0.29) is 0 Å². The molecule has 0 aromatic heterocycles. The van der Waals surface area contributed by atoms with Crippen molar-refractivity contribution < 1.29 is 22.3 Å². The number of ether oxygens (including phenoxy) is 1. The Morgan fingerprint density at radius 2 is 1.65 bits per heavy atom. The summed E-state index contributed by atoms with van der Waals surface area (Å²) in [5.74, 6) is -1.16. The highest BCUT2D eigenvalue weighted by Crippen LogP contribution is 2.39. The molecule has 1 aliphatic carbocycles. The molecule has 1 aliphatic rings. The van der Waals surface area contributed by atoms with Gasteiger partial charge in [0, 0.05) is 0 Å². The second-order valence-electron chi connectivity index (χ2n) is 5.51. The third-order valence-electron chi connectivity index (χ3n) is 3.87. The molecule has 0 atom stereocenters. The van der Waals surface area contributed by atoms with Crippen molar-refractivity contribution in [2.45, 2.75) is 31.9 Å². The van der Waals surface area contributed by atoms with Crippen LogP contribution in [0.25, 0.3) is 0 Å². The summed E-state index contributed by atoms with van der Waals surface area (Å²) in [6, 6.07) is 6.43. The van der Waals surface area contributed by atoms with Crippen molar-refractivity contribution in [1.29, 1.82) is 0 Å². The van der Waals surface area contributed by atoms with E-state index >= 15 is 0 Å². The van der Waals surface area contributed by atoms with Gasteiger partial charge in [0.2, 0.25) is 0 Å². The van der Waals surface area contributed by atoms with Crippen molar-refractivity contribution in [1.82, 2.24) is 0 Å². The van der Waals surface area contributed by atoms with Crippen molar-refractivity contribution in [2.75, 3.05) is 0 Å². The van der Waals surface area contributed by atoms with Gasteiger partial charge in [-0.25, -0.2) is 4.39 Å². The Morgan fingerprint density at radius 3 is 2.30 bits per heavy atom. The van der Waals surface area contributed by atoms with Gasteiger partial charge in [0.15, 0.2) is 11.6 Å². The highest BCUT2D eigenvalue weighted by molar-refractivity contribution is 6.32. The molecule has 6 heteroatoms. The number of hydrogen-bond acceptors (Lipinski definition) is 1. The number of alkyl halides is 3. The van der Waals surface area contributed by atoms with E-state index in [1.54, 1.807) is 12.1 Å². The van der Waals surface area contributed by atoms with Gasteiger partial charge in [0.25, 0.3) is 0 Å². The van der Waals surface area contributed by atoms with Crippen molar-refractivity contribution >= 4 is 11.6 Å². The van der Waals surface area contributed by atoms with E-state index in [0.29, 0.717) is 17.9 Å². The molecule has 0 saturated heterocycles. The Hall–Kier alpha value is -1.75. The summed E-state index contributed by atoms with van der Waals surface area (Å²) >= 11 is 5.77. The van der Waals surface area contributed by atoms with Crippen LogP contribution < -0.4 is 4.74 Å². The summed E-state index contributed by atoms with van der Waals surface area (Å²) in [7, 11) is 0. The topological polar surface area (TPSA) is 9.23 Å². The molecule has 2 aromatic rings. The first kappa shape index (κ1) is 16.1. The average Bonchev–Trinajstić information content (AvgIpc) is 2.49. The van der Waals surface area contributed by atoms with Crippen LogP contribution in [0.15, 0.2) is 30.3 Å². The van der Waals surface area contributed by atoms with E-state index < -0.39 is 28.3 Å². The van der Waals surface area contributed by atoms with Gasteiger partial charge < -0.3 is 4.74 Å². The molecule has 0 aliphatic heterocycles. The molecular weight excluding hydrogens is 332 g/mol. The fraction of sp³-hybridized carbons (Fsp3) is 0.294. The van der Waals surface area contributed by atoms with Crippen LogP contribution in [0.2, 0.25) is 5.02 Å². The van der Waals surface area contributed by atoms with Gasteiger partial charge in [-0.1, -0.05) is 17.7 Å². The molecule has 122 valence electrons. The standard InChI is InChI=1S/C17H13ClF4O/c18-14-8-12(17(20,21)22)9-15(19)16(14)23-13-6-5-10-3-1-2-4-11(10)7-13/h5-9H,1-4H2. The van der Waals surface area contributed by atoms with E-state index in [4.69, 9.17) is 16.3 Å². The highest BCUT2D eigenvalue weighted by Gasteiger charge is 2.32. The minimum Gasteiger partial charge on any atom is -0.453 e. The van der Waals surface area contributed by atoms with Crippen LogP contribution >= 0.6 is 11.6 Å². The van der Waals surface area contributed by atoms with E-state index in [0.717, 1.165) is 31.2 Å². The third-order valence-corrected chi connectivity index (χ3v) is 4.15. The first-order valence-corrected chi connectivity index (χ1v) is 7.58. The molecule has 0 amide bonds. The zero-order valence-electron chi connectivity index (χ0n) is 12.0. The van der Waals surface area contributed by atoms with Gasteiger partial charge in [-0.3, -0.25) is 0 Å². The highest BCUT2D eigenvalue weighted by atomic mass is 35.5. The number of halogens is 5. The molecule has 0 saturated carbocycles. The molecule has 0 N–H and O–H groups in total. The Kier molecular flexibility index (Phi) is 4.23. The van der Waals surface area contributed by atoms with Crippen LogP contribution in [0.1, 0.15) is 29.5 Å². The molecule has 0 fully saturated rings. The smallest absolute Gasteiger partial charge is 0.416 e. The van der Waals surface area contributed by atoms with Gasteiger partial charge in [-0.05, 0) is 61.1 Å². The molecule has 23 heavy (non-hydrogen) atoms. The van der Waals surface area contributed by atoms with Crippen molar-refractivity contribution in [3.05, 3.63) is 57.9 Å². The Bertz CT molecular complexity index is 717. The number of fused-ring (bicyclic) bond motifs is 1. The van der Waals surface area contributed by atoms with Crippen LogP contribution in [0, 0.1) is 5.82 Å². The van der Waals surface area contributed by atoms with Crippen molar-refractivity contribution in [2.24, 2.45) is 0 Å². The summed E-state index contributed by atoms with van der Waals surface area (Å²) in [6.45, 7) is 0. The first-order valence-electron chi connectivity index (χ1n) is 7.20. The molecule has 2 aromatic carbocycles. The number of hydrogen-bond donors (Lipinski definition) is 0. The minimum absolute atomic E-state index is 0.367. The monoisotopic (exact) mass is 344 g/mol. The lowest BCUT2D eigenvalue weighted by atomic mass is 9.92. The van der Waals surface area contributed by atoms with Crippen LogP contribution in [0.3, 0.4) is 0 Å². The number of rotatable bonds is 2. The molecule has 1 nitrogen and oxygen atoms in total. The van der Waals surface area contributed by atoms with Crippen molar-refractivity contribution in [3.8, 4) is 11.5 Å². The maximum absolute atomic E-state index is 14.0. The number of benzene rings is 2. The average molecular weight is 345 g/mol. The first-order chi connectivity index (χ1) is 10.8. The quantitative estimate of drug-likeness (QED) is 0.592. The maximum Gasteiger partial charge on any atom is 0.416 e. The SMILES string of the molecule is Fc1cc(C(F)(F)F)cc(Cl)c1Oc1ccc2c(c1)CCCC2. The Labute approximate surface area is 135 Å². The normalized spacial score (nSPS) is 14.5. The largest absolute Gasteiger partial charge is 0.453 e. The zero-order valence-corrected chi connectivity index (χ0v) is 12.8. The Balaban J connectivity index is 1.91. The van der Waals surface area contributed by atoms with E-state index in [1.807, 2.05) is 6.07 Å². The molecule has 0 radical (unpaired) electrons. The second kappa shape index (κ2) is 6.04. The predicted octanol–water partition coefficient (Wildman–Crippen LogP) is 6.17. The minimum atomic E-state index is -4.66. The molecule has 3 rings (SSSR count). The predicted molar refractivity (Wildman–Crippen MR) is 79.6 cm³/mol. The Morgan fingerprint density at radius 1 is 0.957 bits per heavy atom. The van der Waals surface area contributed by atoms with Crippen LogP contribution in [0.5, 0.6) is 11.5 Å². The van der Waals surface area contributed by atoms with Gasteiger partial charge >= 0.3 is 6.18 Å². The lowest BCUT2D eigenvalue weighted by molar-refractivity contribution is -0.137. The summed E-state index contributed by atoms with van der Waals surface area (Å²) in [5.41, 5.74) is 1.21. The summed E-state index contributed by atoms with van der Waals surface area (Å²) in [4.78, 5) is 0. The van der Waals surface area contributed by atoms with E-state index in [1.165, 1.54) is 5.56 Å². The summed E-state index contributed by atoms with van der Waals surface area (Å²) < 4.78 is 57.2. The van der Waals surface area contributed by atoms with Crippen molar-refractivity contribution in [3.63, 3.8) is 0 Å².